The number of anilines is 1. The number of aryl methyl sites for hydroxylation is 1. The average molecular weight is 607 g/mol. The molecular formula is C34H40F2N4O4. The molecule has 4 aliphatic heterocycles. The van der Waals surface area contributed by atoms with Gasteiger partial charge in [-0.05, 0) is 84.7 Å². The molecule has 0 radical (unpaired) electrons. The first-order valence-corrected chi connectivity index (χ1v) is 16.2. The number of rotatable bonds is 6. The Balaban J connectivity index is 1.16. The van der Waals surface area contributed by atoms with Crippen molar-refractivity contribution in [3.8, 4) is 11.8 Å². The van der Waals surface area contributed by atoms with E-state index in [1.807, 2.05) is 6.92 Å². The Morgan fingerprint density at radius 3 is 2.89 bits per heavy atom. The van der Waals surface area contributed by atoms with E-state index >= 15 is 0 Å². The van der Waals surface area contributed by atoms with Crippen LogP contribution in [0.15, 0.2) is 24.3 Å². The highest BCUT2D eigenvalue weighted by Gasteiger charge is 2.49. The summed E-state index contributed by atoms with van der Waals surface area (Å²) >= 11 is 0. The first-order valence-electron chi connectivity index (χ1n) is 16.2. The van der Waals surface area contributed by atoms with Gasteiger partial charge in [0.25, 0.3) is 0 Å². The molecule has 3 saturated heterocycles. The molecule has 2 bridgehead atoms. The second kappa shape index (κ2) is 10.8. The Kier molecular flexibility index (Phi) is 6.95. The Labute approximate surface area is 256 Å². The van der Waals surface area contributed by atoms with Crippen molar-refractivity contribution < 1.29 is 28.5 Å². The van der Waals surface area contributed by atoms with Gasteiger partial charge in [-0.25, -0.2) is 8.78 Å². The van der Waals surface area contributed by atoms with Gasteiger partial charge < -0.3 is 24.6 Å². The number of alkyl halides is 1. The minimum Gasteiger partial charge on any atom is -0.508 e. The molecule has 1 saturated carbocycles. The SMILES string of the molecule is CCc1c(F)ccc2cc(O)cc(C3Cc4nc(OC[C@@]56CCCN5C[C@H](F)C6)nc(N5C[C@@H]6C[C@H](C5)[C@H](O)C6)c4CO3)c12. The summed E-state index contributed by atoms with van der Waals surface area (Å²) in [6.45, 7) is 5.38. The predicted octanol–water partition coefficient (Wildman–Crippen LogP) is 5.01. The fourth-order valence-corrected chi connectivity index (χ4v) is 8.94. The summed E-state index contributed by atoms with van der Waals surface area (Å²) in [5.74, 6) is 1.22. The molecule has 1 aromatic heterocycles. The van der Waals surface area contributed by atoms with Crippen LogP contribution < -0.4 is 9.64 Å². The van der Waals surface area contributed by atoms with Crippen LogP contribution in [0, 0.1) is 17.7 Å². The number of aliphatic hydroxyl groups is 1. The molecule has 4 fully saturated rings. The fraction of sp³-hybridized carbons (Fsp3) is 0.588. The maximum atomic E-state index is 15.0. The second-order valence-electron chi connectivity index (χ2n) is 13.7. The molecule has 1 unspecified atom stereocenters. The Morgan fingerprint density at radius 1 is 1.16 bits per heavy atom. The van der Waals surface area contributed by atoms with Gasteiger partial charge >= 0.3 is 6.01 Å². The third kappa shape index (κ3) is 4.72. The Hall–Kier alpha value is -3.08. The van der Waals surface area contributed by atoms with E-state index in [1.54, 1.807) is 18.2 Å². The highest BCUT2D eigenvalue weighted by atomic mass is 19.1. The van der Waals surface area contributed by atoms with E-state index in [1.165, 1.54) is 6.07 Å². The number of benzene rings is 2. The molecular weight excluding hydrogens is 566 g/mol. The minimum absolute atomic E-state index is 0.105. The number of aromatic hydroxyl groups is 1. The monoisotopic (exact) mass is 606 g/mol. The van der Waals surface area contributed by atoms with E-state index in [-0.39, 0.29) is 41.7 Å². The lowest BCUT2D eigenvalue weighted by atomic mass is 9.90. The lowest BCUT2D eigenvalue weighted by Gasteiger charge is -2.36. The van der Waals surface area contributed by atoms with Crippen molar-refractivity contribution >= 4 is 16.6 Å². The van der Waals surface area contributed by atoms with Gasteiger partial charge in [-0.3, -0.25) is 4.90 Å². The highest BCUT2D eigenvalue weighted by Crippen LogP contribution is 2.44. The van der Waals surface area contributed by atoms with Crippen LogP contribution in [0.1, 0.15) is 67.5 Å². The van der Waals surface area contributed by atoms with E-state index in [4.69, 9.17) is 19.4 Å². The molecule has 234 valence electrons. The van der Waals surface area contributed by atoms with Crippen LogP contribution in [0.4, 0.5) is 14.6 Å². The number of phenols is 1. The van der Waals surface area contributed by atoms with Crippen molar-refractivity contribution in [1.29, 1.82) is 0 Å². The molecule has 8 rings (SSSR count). The molecule has 0 spiro atoms. The van der Waals surface area contributed by atoms with Crippen molar-refractivity contribution in [2.75, 3.05) is 37.7 Å². The van der Waals surface area contributed by atoms with Gasteiger partial charge in [0.15, 0.2) is 0 Å². The van der Waals surface area contributed by atoms with Gasteiger partial charge in [-0.1, -0.05) is 13.0 Å². The van der Waals surface area contributed by atoms with Gasteiger partial charge in [0, 0.05) is 44.0 Å². The summed E-state index contributed by atoms with van der Waals surface area (Å²) in [7, 11) is 0. The second-order valence-corrected chi connectivity index (χ2v) is 13.7. The lowest BCUT2D eigenvalue weighted by Crippen LogP contribution is -2.43. The van der Waals surface area contributed by atoms with Crippen LogP contribution in [0.2, 0.25) is 0 Å². The number of piperidine rings is 1. The number of hydrogen-bond acceptors (Lipinski definition) is 8. The van der Waals surface area contributed by atoms with E-state index in [0.29, 0.717) is 50.4 Å². The molecule has 5 aliphatic rings. The number of hydrogen-bond donors (Lipinski definition) is 2. The number of ether oxygens (including phenoxy) is 2. The molecule has 1 aliphatic carbocycles. The molecule has 5 heterocycles. The Morgan fingerprint density at radius 2 is 2.05 bits per heavy atom. The zero-order valence-electron chi connectivity index (χ0n) is 25.1. The number of aromatic nitrogens is 2. The van der Waals surface area contributed by atoms with Crippen LogP contribution in [-0.2, 0) is 24.2 Å². The number of halogens is 2. The smallest absolute Gasteiger partial charge is 0.318 e. The van der Waals surface area contributed by atoms with Crippen LogP contribution in [0.25, 0.3) is 10.8 Å². The number of phenolic OH excluding ortho intramolecular Hbond substituents is 1. The number of nitrogens with zero attached hydrogens (tertiary/aromatic N) is 4. The fourth-order valence-electron chi connectivity index (χ4n) is 8.94. The molecule has 2 aromatic carbocycles. The van der Waals surface area contributed by atoms with Crippen molar-refractivity contribution in [3.63, 3.8) is 0 Å². The topological polar surface area (TPSA) is 91.2 Å². The van der Waals surface area contributed by atoms with Crippen molar-refractivity contribution in [2.24, 2.45) is 11.8 Å². The average Bonchev–Trinajstić information content (AvgIpc) is 3.62. The van der Waals surface area contributed by atoms with E-state index < -0.39 is 12.3 Å². The summed E-state index contributed by atoms with van der Waals surface area (Å²) in [6.07, 6.45) is 3.55. The first-order chi connectivity index (χ1) is 21.3. The Bertz CT molecular complexity index is 1600. The highest BCUT2D eigenvalue weighted by molar-refractivity contribution is 5.90. The zero-order valence-corrected chi connectivity index (χ0v) is 25.1. The van der Waals surface area contributed by atoms with E-state index in [0.717, 1.165) is 72.2 Å². The van der Waals surface area contributed by atoms with Gasteiger partial charge in [0.1, 0.15) is 30.2 Å². The summed E-state index contributed by atoms with van der Waals surface area (Å²) in [5, 5.41) is 22.8. The van der Waals surface area contributed by atoms with Crippen LogP contribution in [0.3, 0.4) is 0 Å². The van der Waals surface area contributed by atoms with Gasteiger partial charge in [-0.15, -0.1) is 0 Å². The molecule has 44 heavy (non-hydrogen) atoms. The van der Waals surface area contributed by atoms with Crippen LogP contribution >= 0.6 is 0 Å². The van der Waals surface area contributed by atoms with Crippen molar-refractivity contribution in [1.82, 2.24) is 14.9 Å². The van der Waals surface area contributed by atoms with E-state index in [2.05, 4.69) is 9.80 Å². The third-order valence-corrected chi connectivity index (χ3v) is 11.0. The molecule has 8 nitrogen and oxygen atoms in total. The lowest BCUT2D eigenvalue weighted by molar-refractivity contribution is 0.0261. The normalized spacial score (nSPS) is 31.5. The van der Waals surface area contributed by atoms with E-state index in [9.17, 15) is 19.0 Å². The summed E-state index contributed by atoms with van der Waals surface area (Å²) < 4.78 is 42.3. The molecule has 0 amide bonds. The first kappa shape index (κ1) is 28.4. The summed E-state index contributed by atoms with van der Waals surface area (Å²) in [5.41, 5.74) is 2.73. The summed E-state index contributed by atoms with van der Waals surface area (Å²) in [4.78, 5) is 14.4. The van der Waals surface area contributed by atoms with Gasteiger partial charge in [0.2, 0.25) is 0 Å². The third-order valence-electron chi connectivity index (χ3n) is 11.0. The maximum absolute atomic E-state index is 15.0. The van der Waals surface area contributed by atoms with Crippen molar-refractivity contribution in [2.45, 2.75) is 82.4 Å². The number of aliphatic hydroxyl groups excluding tert-OH is 1. The molecule has 3 aromatic rings. The zero-order chi connectivity index (χ0) is 30.2. The molecule has 2 N–H and O–H groups in total. The predicted molar refractivity (Wildman–Crippen MR) is 161 cm³/mol. The van der Waals surface area contributed by atoms with Crippen molar-refractivity contribution in [3.05, 3.63) is 52.5 Å². The number of fused-ring (bicyclic) bond motifs is 5. The molecule has 6 atom stereocenters. The summed E-state index contributed by atoms with van der Waals surface area (Å²) in [6, 6.07) is 6.78. The van der Waals surface area contributed by atoms with Gasteiger partial charge in [0.05, 0.1) is 30.0 Å². The maximum Gasteiger partial charge on any atom is 0.318 e. The largest absolute Gasteiger partial charge is 0.508 e. The quantitative estimate of drug-likeness (QED) is 0.405. The standard InChI is InChI=1S/C34H40F2N4O4/c1-2-24-27(36)5-4-20-10-23(41)11-25(31(20)24)30-12-28-26(17-43-30)32(39-14-19-8-21(15-39)29(42)9-19)38-33(37-28)44-18-34-6-3-7-40(34)16-22(35)13-34/h4-5,10-11,19,21-22,29-30,41-42H,2-3,6-9,12-18H2,1H3/t19-,21-,22-,29-,30?,34+/m1/s1. The van der Waals surface area contributed by atoms with Crippen LogP contribution in [-0.4, -0.2) is 75.7 Å². The minimum atomic E-state index is -0.845. The van der Waals surface area contributed by atoms with Crippen LogP contribution in [0.5, 0.6) is 11.8 Å². The molecule has 10 heteroatoms. The van der Waals surface area contributed by atoms with Gasteiger partial charge in [-0.2, -0.15) is 9.97 Å².